The Bertz CT molecular complexity index is 372. The molecule has 2 atom stereocenters. The standard InChI is InChI=1S/C16H24N2/c1-2-13-10-15(17-14-8-9-14)12-18(11-13)16-6-4-3-5-7-16/h3-7,13-15,17H,2,8-12H2,1H3. The molecular formula is C16H24N2. The molecule has 0 aromatic heterocycles. The van der Waals surface area contributed by atoms with Gasteiger partial charge in [0.2, 0.25) is 0 Å². The van der Waals surface area contributed by atoms with Gasteiger partial charge in [-0.05, 0) is 37.3 Å². The highest BCUT2D eigenvalue weighted by atomic mass is 15.2. The van der Waals surface area contributed by atoms with Crippen molar-refractivity contribution in [3.05, 3.63) is 30.3 Å². The van der Waals surface area contributed by atoms with Crippen LogP contribution in [-0.4, -0.2) is 25.2 Å². The lowest BCUT2D eigenvalue weighted by atomic mass is 9.91. The van der Waals surface area contributed by atoms with Crippen LogP contribution in [0.4, 0.5) is 5.69 Å². The van der Waals surface area contributed by atoms with E-state index in [9.17, 15) is 0 Å². The Morgan fingerprint density at radius 3 is 2.56 bits per heavy atom. The molecule has 1 saturated carbocycles. The summed E-state index contributed by atoms with van der Waals surface area (Å²) in [6, 6.07) is 12.4. The second-order valence-electron chi connectivity index (χ2n) is 5.89. The molecule has 2 heteroatoms. The molecule has 3 rings (SSSR count). The van der Waals surface area contributed by atoms with Gasteiger partial charge in [0.15, 0.2) is 0 Å². The fourth-order valence-electron chi connectivity index (χ4n) is 3.05. The normalized spacial score (nSPS) is 28.4. The lowest BCUT2D eigenvalue weighted by Crippen LogP contribution is -2.49. The summed E-state index contributed by atoms with van der Waals surface area (Å²) in [6.07, 6.45) is 5.43. The van der Waals surface area contributed by atoms with Gasteiger partial charge in [-0.2, -0.15) is 0 Å². The molecule has 0 spiro atoms. The maximum Gasteiger partial charge on any atom is 0.0366 e. The minimum Gasteiger partial charge on any atom is -0.370 e. The Hall–Kier alpha value is -1.02. The largest absolute Gasteiger partial charge is 0.370 e. The third-order valence-electron chi connectivity index (χ3n) is 4.28. The maximum absolute atomic E-state index is 3.82. The number of para-hydroxylation sites is 1. The highest BCUT2D eigenvalue weighted by molar-refractivity contribution is 5.46. The third-order valence-corrected chi connectivity index (χ3v) is 4.28. The van der Waals surface area contributed by atoms with Gasteiger partial charge in [0.1, 0.15) is 0 Å². The lowest BCUT2D eigenvalue weighted by Gasteiger charge is -2.39. The van der Waals surface area contributed by atoms with Gasteiger partial charge in [-0.3, -0.25) is 0 Å². The summed E-state index contributed by atoms with van der Waals surface area (Å²) in [5, 5.41) is 3.82. The highest BCUT2D eigenvalue weighted by Gasteiger charge is 2.30. The van der Waals surface area contributed by atoms with E-state index in [1.165, 1.54) is 44.5 Å². The summed E-state index contributed by atoms with van der Waals surface area (Å²) in [5.41, 5.74) is 1.39. The van der Waals surface area contributed by atoms with E-state index in [2.05, 4.69) is 47.5 Å². The quantitative estimate of drug-likeness (QED) is 0.875. The zero-order valence-electron chi connectivity index (χ0n) is 11.3. The van der Waals surface area contributed by atoms with Crippen LogP contribution in [0.5, 0.6) is 0 Å². The van der Waals surface area contributed by atoms with Gasteiger partial charge in [-0.15, -0.1) is 0 Å². The van der Waals surface area contributed by atoms with Crippen molar-refractivity contribution in [1.82, 2.24) is 5.32 Å². The van der Waals surface area contributed by atoms with E-state index in [0.29, 0.717) is 6.04 Å². The minimum absolute atomic E-state index is 0.691. The Balaban J connectivity index is 1.68. The van der Waals surface area contributed by atoms with Crippen LogP contribution in [-0.2, 0) is 0 Å². The average molecular weight is 244 g/mol. The van der Waals surface area contributed by atoms with Crippen LogP contribution < -0.4 is 10.2 Å². The van der Waals surface area contributed by atoms with Crippen molar-refractivity contribution < 1.29 is 0 Å². The van der Waals surface area contributed by atoms with Crippen molar-refractivity contribution in [1.29, 1.82) is 0 Å². The molecule has 1 aromatic carbocycles. The number of nitrogens with zero attached hydrogens (tertiary/aromatic N) is 1. The predicted molar refractivity (Wildman–Crippen MR) is 77.0 cm³/mol. The van der Waals surface area contributed by atoms with E-state index in [1.807, 2.05) is 0 Å². The zero-order chi connectivity index (χ0) is 12.4. The smallest absolute Gasteiger partial charge is 0.0366 e. The number of rotatable bonds is 4. The summed E-state index contributed by atoms with van der Waals surface area (Å²) in [7, 11) is 0. The number of hydrogen-bond acceptors (Lipinski definition) is 2. The van der Waals surface area contributed by atoms with E-state index in [1.54, 1.807) is 0 Å². The van der Waals surface area contributed by atoms with Crippen LogP contribution in [0.25, 0.3) is 0 Å². The summed E-state index contributed by atoms with van der Waals surface area (Å²) >= 11 is 0. The first-order chi connectivity index (χ1) is 8.85. The van der Waals surface area contributed by atoms with Crippen LogP contribution in [0.1, 0.15) is 32.6 Å². The van der Waals surface area contributed by atoms with Crippen molar-refractivity contribution in [3.63, 3.8) is 0 Å². The number of nitrogens with one attached hydrogen (secondary N) is 1. The van der Waals surface area contributed by atoms with Crippen LogP contribution in [0.2, 0.25) is 0 Å². The topological polar surface area (TPSA) is 15.3 Å². The molecule has 1 aromatic rings. The summed E-state index contributed by atoms with van der Waals surface area (Å²) in [4.78, 5) is 2.57. The van der Waals surface area contributed by atoms with Crippen molar-refractivity contribution in [2.45, 2.75) is 44.7 Å². The molecule has 1 heterocycles. The van der Waals surface area contributed by atoms with E-state index in [-0.39, 0.29) is 0 Å². The van der Waals surface area contributed by atoms with Crippen molar-refractivity contribution in [2.24, 2.45) is 5.92 Å². The summed E-state index contributed by atoms with van der Waals surface area (Å²) in [6.45, 7) is 4.73. The number of anilines is 1. The van der Waals surface area contributed by atoms with Gasteiger partial charge in [0, 0.05) is 30.9 Å². The molecular weight excluding hydrogens is 220 g/mol. The van der Waals surface area contributed by atoms with Gasteiger partial charge in [0.25, 0.3) is 0 Å². The molecule has 2 unspecified atom stereocenters. The molecule has 0 amide bonds. The Kier molecular flexibility index (Phi) is 3.55. The molecule has 1 aliphatic heterocycles. The SMILES string of the molecule is CCC1CC(NC2CC2)CN(c2ccccc2)C1. The Morgan fingerprint density at radius 1 is 1.11 bits per heavy atom. The van der Waals surface area contributed by atoms with E-state index in [4.69, 9.17) is 0 Å². The van der Waals surface area contributed by atoms with Gasteiger partial charge in [0.05, 0.1) is 0 Å². The monoisotopic (exact) mass is 244 g/mol. The maximum atomic E-state index is 3.82. The lowest BCUT2D eigenvalue weighted by molar-refractivity contribution is 0.325. The molecule has 2 aliphatic rings. The fourth-order valence-corrected chi connectivity index (χ4v) is 3.05. The molecule has 1 saturated heterocycles. The molecule has 0 bridgehead atoms. The Morgan fingerprint density at radius 2 is 1.89 bits per heavy atom. The summed E-state index contributed by atoms with van der Waals surface area (Å²) in [5.74, 6) is 0.843. The molecule has 2 fully saturated rings. The number of hydrogen-bond donors (Lipinski definition) is 1. The third kappa shape index (κ3) is 2.86. The van der Waals surface area contributed by atoms with Crippen molar-refractivity contribution in [2.75, 3.05) is 18.0 Å². The first-order valence-electron chi connectivity index (χ1n) is 7.41. The van der Waals surface area contributed by atoms with Gasteiger partial charge < -0.3 is 10.2 Å². The van der Waals surface area contributed by atoms with Crippen LogP contribution in [0.3, 0.4) is 0 Å². The fraction of sp³-hybridized carbons (Fsp3) is 0.625. The molecule has 18 heavy (non-hydrogen) atoms. The van der Waals surface area contributed by atoms with Crippen LogP contribution in [0, 0.1) is 5.92 Å². The second kappa shape index (κ2) is 5.31. The van der Waals surface area contributed by atoms with Crippen molar-refractivity contribution >= 4 is 5.69 Å². The highest BCUT2D eigenvalue weighted by Crippen LogP contribution is 2.27. The molecule has 0 radical (unpaired) electrons. The predicted octanol–water partition coefficient (Wildman–Crippen LogP) is 3.04. The van der Waals surface area contributed by atoms with E-state index in [0.717, 1.165) is 12.0 Å². The van der Waals surface area contributed by atoms with Gasteiger partial charge in [-0.25, -0.2) is 0 Å². The minimum atomic E-state index is 0.691. The van der Waals surface area contributed by atoms with Crippen molar-refractivity contribution in [3.8, 4) is 0 Å². The first kappa shape index (κ1) is 12.0. The number of piperidine rings is 1. The Labute approximate surface area is 110 Å². The number of benzene rings is 1. The first-order valence-corrected chi connectivity index (χ1v) is 7.41. The summed E-state index contributed by atoms with van der Waals surface area (Å²) < 4.78 is 0. The molecule has 1 N–H and O–H groups in total. The molecule has 98 valence electrons. The van der Waals surface area contributed by atoms with Crippen LogP contribution >= 0.6 is 0 Å². The molecule has 2 nitrogen and oxygen atoms in total. The van der Waals surface area contributed by atoms with Gasteiger partial charge in [-0.1, -0.05) is 31.5 Å². The van der Waals surface area contributed by atoms with Gasteiger partial charge >= 0.3 is 0 Å². The van der Waals surface area contributed by atoms with E-state index >= 15 is 0 Å². The second-order valence-corrected chi connectivity index (χ2v) is 5.89. The molecule has 1 aliphatic carbocycles. The van der Waals surface area contributed by atoms with Crippen LogP contribution in [0.15, 0.2) is 30.3 Å². The average Bonchev–Trinajstić information content (AvgIpc) is 3.23. The zero-order valence-corrected chi connectivity index (χ0v) is 11.3. The van der Waals surface area contributed by atoms with E-state index < -0.39 is 0 Å².